The van der Waals surface area contributed by atoms with Crippen LogP contribution in [0.1, 0.15) is 120 Å². The lowest BCUT2D eigenvalue weighted by Gasteiger charge is -2.64. The third kappa shape index (κ3) is 4.05. The monoisotopic (exact) mass is 498 g/mol. The third-order valence-corrected chi connectivity index (χ3v) is 12.8. The van der Waals surface area contributed by atoms with Crippen LogP contribution in [0.5, 0.6) is 0 Å². The summed E-state index contributed by atoms with van der Waals surface area (Å²) in [5.41, 5.74) is 2.70. The number of aliphatic hydroxyl groups is 1. The molecule has 4 rings (SSSR count). The van der Waals surface area contributed by atoms with Crippen LogP contribution < -0.4 is 0 Å². The van der Waals surface area contributed by atoms with Crippen molar-refractivity contribution in [2.45, 2.75) is 132 Å². The number of allylic oxidation sites excluding steroid dienone is 2. The first kappa shape index (κ1) is 27.9. The molecule has 0 bridgehead atoms. The maximum Gasteiger partial charge on any atom is 0.302 e. The smallest absolute Gasteiger partial charge is 0.302 e. The van der Waals surface area contributed by atoms with Crippen molar-refractivity contribution >= 4 is 5.97 Å². The molecule has 0 aromatic rings. The molecule has 0 amide bonds. The summed E-state index contributed by atoms with van der Waals surface area (Å²) in [7, 11) is 0. The lowest BCUT2D eigenvalue weighted by atomic mass is 9.41. The van der Waals surface area contributed by atoms with Gasteiger partial charge in [0.1, 0.15) is 6.10 Å². The van der Waals surface area contributed by atoms with Crippen molar-refractivity contribution < 1.29 is 14.6 Å². The zero-order chi connectivity index (χ0) is 26.9. The molecule has 0 aliphatic heterocycles. The molecule has 1 N–H and O–H groups in total. The van der Waals surface area contributed by atoms with Gasteiger partial charge in [0.25, 0.3) is 0 Å². The van der Waals surface area contributed by atoms with E-state index in [0.717, 1.165) is 31.3 Å². The number of fused-ring (bicyclic) bond motifs is 5. The van der Waals surface area contributed by atoms with E-state index in [0.29, 0.717) is 34.5 Å². The molecule has 4 aliphatic carbocycles. The predicted octanol–water partition coefficient (Wildman–Crippen LogP) is 8.27. The molecule has 9 atom stereocenters. The number of rotatable bonds is 6. The maximum atomic E-state index is 11.8. The Balaban J connectivity index is 1.59. The summed E-state index contributed by atoms with van der Waals surface area (Å²) in [4.78, 5) is 11.8. The van der Waals surface area contributed by atoms with Crippen molar-refractivity contribution in [3.05, 3.63) is 23.8 Å². The van der Waals surface area contributed by atoms with Gasteiger partial charge < -0.3 is 9.84 Å². The van der Waals surface area contributed by atoms with E-state index in [9.17, 15) is 9.90 Å². The van der Waals surface area contributed by atoms with E-state index in [1.54, 1.807) is 12.5 Å². The van der Waals surface area contributed by atoms with Crippen LogP contribution in [0.15, 0.2) is 23.8 Å². The van der Waals surface area contributed by atoms with Crippen molar-refractivity contribution in [1.29, 1.82) is 0 Å². The first-order chi connectivity index (χ1) is 16.5. The molecule has 0 heterocycles. The zero-order valence-corrected chi connectivity index (χ0v) is 24.8. The van der Waals surface area contributed by atoms with Crippen LogP contribution >= 0.6 is 0 Å². The van der Waals surface area contributed by atoms with E-state index in [1.165, 1.54) is 32.1 Å². The zero-order valence-electron chi connectivity index (χ0n) is 24.8. The number of esters is 1. The lowest BCUT2D eigenvalue weighted by Crippen LogP contribution is -2.58. The highest BCUT2D eigenvalue weighted by atomic mass is 16.5. The van der Waals surface area contributed by atoms with Crippen molar-refractivity contribution in [3.8, 4) is 0 Å². The number of carbonyl (C=O) groups is 1. The fourth-order valence-electron chi connectivity index (χ4n) is 9.99. The number of hydrogen-bond acceptors (Lipinski definition) is 3. The van der Waals surface area contributed by atoms with E-state index < -0.39 is 5.60 Å². The molecule has 3 saturated carbocycles. The highest BCUT2D eigenvalue weighted by molar-refractivity contribution is 5.66. The third-order valence-electron chi connectivity index (χ3n) is 12.8. The van der Waals surface area contributed by atoms with Crippen molar-refractivity contribution in [2.75, 3.05) is 0 Å². The minimum absolute atomic E-state index is 0.000903. The Labute approximate surface area is 221 Å². The molecule has 4 aliphatic rings. The minimum Gasteiger partial charge on any atom is -0.462 e. The molecular formula is C33H54O3. The average Bonchev–Trinajstić information content (AvgIpc) is 3.05. The molecule has 204 valence electrons. The topological polar surface area (TPSA) is 46.5 Å². The fourth-order valence-corrected chi connectivity index (χ4v) is 9.99. The van der Waals surface area contributed by atoms with Gasteiger partial charge in [0, 0.05) is 12.3 Å². The van der Waals surface area contributed by atoms with Gasteiger partial charge in [-0.15, -0.1) is 0 Å². The fraction of sp³-hybridized carbons (Fsp3) is 0.848. The van der Waals surface area contributed by atoms with Gasteiger partial charge in [0.15, 0.2) is 0 Å². The van der Waals surface area contributed by atoms with Gasteiger partial charge in [0.2, 0.25) is 0 Å². The second-order valence-electron chi connectivity index (χ2n) is 15.0. The Hall–Kier alpha value is -1.09. The van der Waals surface area contributed by atoms with Crippen molar-refractivity contribution in [1.82, 2.24) is 0 Å². The first-order valence-electron chi connectivity index (χ1n) is 14.8. The number of ether oxygens (including phenoxy) is 1. The van der Waals surface area contributed by atoms with Crippen LogP contribution in [-0.2, 0) is 9.53 Å². The van der Waals surface area contributed by atoms with Crippen LogP contribution in [0.25, 0.3) is 0 Å². The van der Waals surface area contributed by atoms with E-state index >= 15 is 0 Å². The van der Waals surface area contributed by atoms with Gasteiger partial charge in [-0.05, 0) is 117 Å². The van der Waals surface area contributed by atoms with E-state index in [1.807, 2.05) is 13.8 Å². The lowest BCUT2D eigenvalue weighted by molar-refractivity contribution is -0.170. The summed E-state index contributed by atoms with van der Waals surface area (Å²) >= 11 is 0. The minimum atomic E-state index is -0.762. The molecule has 3 heteroatoms. The Morgan fingerprint density at radius 2 is 1.78 bits per heavy atom. The normalized spacial score (nSPS) is 43.8. The number of hydrogen-bond donors (Lipinski definition) is 1. The van der Waals surface area contributed by atoms with E-state index in [-0.39, 0.29) is 22.9 Å². The van der Waals surface area contributed by atoms with Gasteiger partial charge in [-0.3, -0.25) is 4.79 Å². The highest BCUT2D eigenvalue weighted by Crippen LogP contribution is 2.73. The highest BCUT2D eigenvalue weighted by Gasteiger charge is 2.65. The molecule has 0 radical (unpaired) electrons. The standard InChI is InChI=1S/C33H54O3/c1-21(2)33(10,35)20-13-22(3)24-14-18-32(9)26-11-12-27-29(5,6)28(36-23(4)34)16-17-30(27,7)25(26)15-19-31(24,32)8/h15,22,24,26-28,35H,1,11-14,16-20H2,2-10H3. The van der Waals surface area contributed by atoms with Crippen molar-refractivity contribution in [3.63, 3.8) is 0 Å². The van der Waals surface area contributed by atoms with Crippen LogP contribution in [0.4, 0.5) is 0 Å². The van der Waals surface area contributed by atoms with E-state index in [4.69, 9.17) is 4.74 Å². The molecular weight excluding hydrogens is 444 g/mol. The number of carbonyl (C=O) groups excluding carboxylic acids is 1. The average molecular weight is 499 g/mol. The summed E-state index contributed by atoms with van der Waals surface area (Å²) in [6.45, 7) is 24.4. The quantitative estimate of drug-likeness (QED) is 0.296. The van der Waals surface area contributed by atoms with Crippen LogP contribution in [-0.4, -0.2) is 22.8 Å². The van der Waals surface area contributed by atoms with E-state index in [2.05, 4.69) is 54.2 Å². The molecule has 0 saturated heterocycles. The van der Waals surface area contributed by atoms with Crippen LogP contribution in [0.3, 0.4) is 0 Å². The molecule has 3 fully saturated rings. The molecule has 9 unspecified atom stereocenters. The summed E-state index contributed by atoms with van der Waals surface area (Å²) in [6.07, 6.45) is 13.0. The van der Waals surface area contributed by atoms with Gasteiger partial charge >= 0.3 is 5.97 Å². The molecule has 36 heavy (non-hydrogen) atoms. The first-order valence-corrected chi connectivity index (χ1v) is 14.8. The summed E-state index contributed by atoms with van der Waals surface area (Å²) in [6, 6.07) is 0. The summed E-state index contributed by atoms with van der Waals surface area (Å²) < 4.78 is 5.86. The predicted molar refractivity (Wildman–Crippen MR) is 148 cm³/mol. The largest absolute Gasteiger partial charge is 0.462 e. The maximum absolute atomic E-state index is 11.8. The Bertz CT molecular complexity index is 927. The second-order valence-corrected chi connectivity index (χ2v) is 15.0. The Morgan fingerprint density at radius 1 is 1.11 bits per heavy atom. The summed E-state index contributed by atoms with van der Waals surface area (Å²) in [5.74, 6) is 2.38. The molecule has 0 aromatic carbocycles. The van der Waals surface area contributed by atoms with Crippen molar-refractivity contribution in [2.24, 2.45) is 45.3 Å². The van der Waals surface area contributed by atoms with Gasteiger partial charge in [-0.25, -0.2) is 0 Å². The molecule has 3 nitrogen and oxygen atoms in total. The second kappa shape index (κ2) is 8.99. The van der Waals surface area contributed by atoms with Crippen LogP contribution in [0.2, 0.25) is 0 Å². The molecule has 0 aromatic heterocycles. The van der Waals surface area contributed by atoms with Gasteiger partial charge in [-0.2, -0.15) is 0 Å². The van der Waals surface area contributed by atoms with Crippen LogP contribution in [0, 0.1) is 45.3 Å². The Kier molecular flexibility index (Phi) is 6.98. The molecule has 0 spiro atoms. The Morgan fingerprint density at radius 3 is 2.39 bits per heavy atom. The van der Waals surface area contributed by atoms with Gasteiger partial charge in [0.05, 0.1) is 5.60 Å². The SMILES string of the molecule is C=C(C)C(C)(O)CCC(C)C1CCC2(C)C3CCC4C(C)(CCC(OC(C)=O)C4(C)C)C3=CCC12C. The van der Waals surface area contributed by atoms with Gasteiger partial charge in [-0.1, -0.05) is 59.8 Å². The summed E-state index contributed by atoms with van der Waals surface area (Å²) in [5, 5.41) is 10.8.